The van der Waals surface area contributed by atoms with Crippen molar-refractivity contribution in [2.24, 2.45) is 5.92 Å². The molecule has 0 radical (unpaired) electrons. The minimum absolute atomic E-state index is 0.00428. The summed E-state index contributed by atoms with van der Waals surface area (Å²) >= 11 is 6.28. The van der Waals surface area contributed by atoms with Crippen molar-refractivity contribution in [2.75, 3.05) is 67.5 Å². The lowest BCUT2D eigenvalue weighted by Crippen LogP contribution is -2.54. The van der Waals surface area contributed by atoms with Crippen LogP contribution in [0.2, 0.25) is 5.02 Å². The molecule has 312 valence electrons. The van der Waals surface area contributed by atoms with Crippen molar-refractivity contribution in [3.05, 3.63) is 93.3 Å². The van der Waals surface area contributed by atoms with Crippen molar-refractivity contribution in [2.45, 2.75) is 44.7 Å². The van der Waals surface area contributed by atoms with Crippen molar-refractivity contribution < 1.29 is 28.4 Å². The molecule has 61 heavy (non-hydrogen) atoms. The second-order valence-corrected chi connectivity index (χ2v) is 16.3. The van der Waals surface area contributed by atoms with Crippen LogP contribution in [-0.4, -0.2) is 123 Å². The van der Waals surface area contributed by atoms with E-state index in [1.807, 2.05) is 15.9 Å². The number of hydrogen-bond acceptors (Lipinski definition) is 14. The van der Waals surface area contributed by atoms with E-state index in [1.54, 1.807) is 24.3 Å². The van der Waals surface area contributed by atoms with Gasteiger partial charge in [-0.2, -0.15) is 5.26 Å². The number of rotatable bonds is 8. The highest BCUT2D eigenvalue weighted by atomic mass is 35.5. The number of halogens is 2. The van der Waals surface area contributed by atoms with Gasteiger partial charge in [-0.25, -0.2) is 14.4 Å². The molecule has 0 bridgehead atoms. The number of fused-ring (bicyclic) bond motifs is 2. The summed E-state index contributed by atoms with van der Waals surface area (Å²) in [5.41, 5.74) is 3.63. The Bertz CT molecular complexity index is 2500. The Morgan fingerprint density at radius 3 is 2.36 bits per heavy atom. The number of carbonyl (C=O) groups is 5. The molecule has 2 aromatic heterocycles. The molecule has 0 spiro atoms. The van der Waals surface area contributed by atoms with Crippen LogP contribution < -0.4 is 20.4 Å². The van der Waals surface area contributed by atoms with Gasteiger partial charge in [0.05, 0.1) is 39.6 Å². The summed E-state index contributed by atoms with van der Waals surface area (Å²) in [6.45, 7) is 5.64. The topological polar surface area (TPSA) is 201 Å². The quantitative estimate of drug-likeness (QED) is 0.245. The predicted octanol–water partition coefficient (Wildman–Crippen LogP) is 3.31. The lowest BCUT2D eigenvalue weighted by atomic mass is 9.95. The van der Waals surface area contributed by atoms with Crippen LogP contribution in [0, 0.1) is 23.1 Å². The summed E-state index contributed by atoms with van der Waals surface area (Å²) in [5.74, 6) is -1.91. The molecule has 9 rings (SSSR count). The first-order chi connectivity index (χ1) is 29.5. The first-order valence-corrected chi connectivity index (χ1v) is 20.6. The van der Waals surface area contributed by atoms with Crippen LogP contribution in [0.15, 0.2) is 48.8 Å². The predicted molar refractivity (Wildman–Crippen MR) is 219 cm³/mol. The van der Waals surface area contributed by atoms with Gasteiger partial charge >= 0.3 is 0 Å². The summed E-state index contributed by atoms with van der Waals surface area (Å²) in [5, 5.41) is 23.6. The molecule has 7 heterocycles. The molecule has 5 amide bonds. The van der Waals surface area contributed by atoms with Crippen molar-refractivity contribution in [3.63, 3.8) is 0 Å². The molecule has 2 N–H and O–H groups in total. The molecule has 0 aliphatic carbocycles. The molecule has 5 aliphatic heterocycles. The van der Waals surface area contributed by atoms with Crippen LogP contribution in [-0.2, 0) is 22.6 Å². The smallest absolute Gasteiger partial charge is 0.274 e. The number of nitrogens with zero attached hydrogens (tertiary/aromatic N) is 10. The van der Waals surface area contributed by atoms with Gasteiger partial charge in [0.25, 0.3) is 17.7 Å². The molecule has 19 heteroatoms. The monoisotopic (exact) mass is 846 g/mol. The van der Waals surface area contributed by atoms with E-state index >= 15 is 4.39 Å². The number of amides is 5. The van der Waals surface area contributed by atoms with Gasteiger partial charge in [0.2, 0.25) is 11.8 Å². The zero-order chi connectivity index (χ0) is 42.4. The number of hydrogen-bond donors (Lipinski definition) is 2. The van der Waals surface area contributed by atoms with Crippen LogP contribution in [0.4, 0.5) is 27.4 Å². The van der Waals surface area contributed by atoms with Gasteiger partial charge in [-0.15, -0.1) is 10.2 Å². The fraction of sp³-hybridized carbons (Fsp3) is 0.381. The number of anilines is 4. The van der Waals surface area contributed by atoms with Gasteiger partial charge in [-0.05, 0) is 74.1 Å². The molecule has 1 unspecified atom stereocenters. The zero-order valence-electron chi connectivity index (χ0n) is 32.9. The highest BCUT2D eigenvalue weighted by Crippen LogP contribution is 2.34. The molecule has 5 aliphatic rings. The van der Waals surface area contributed by atoms with Gasteiger partial charge < -0.3 is 20.0 Å². The maximum absolute atomic E-state index is 15.4. The Morgan fingerprint density at radius 1 is 0.885 bits per heavy atom. The summed E-state index contributed by atoms with van der Waals surface area (Å²) < 4.78 is 15.4. The second kappa shape index (κ2) is 16.5. The number of imide groups is 2. The first kappa shape index (κ1) is 39.9. The van der Waals surface area contributed by atoms with Crippen LogP contribution in [0.1, 0.15) is 73.7 Å². The highest BCUT2D eigenvalue weighted by Gasteiger charge is 2.45. The van der Waals surface area contributed by atoms with E-state index in [0.29, 0.717) is 86.9 Å². The van der Waals surface area contributed by atoms with Gasteiger partial charge in [0, 0.05) is 70.0 Å². The minimum Gasteiger partial charge on any atom is -0.367 e. The van der Waals surface area contributed by atoms with E-state index in [9.17, 15) is 29.2 Å². The molecule has 17 nitrogen and oxygen atoms in total. The lowest BCUT2D eigenvalue weighted by molar-refractivity contribution is -0.136. The number of carbonyl (C=O) groups excluding carboxylic acids is 5. The van der Waals surface area contributed by atoms with Crippen molar-refractivity contribution in [1.82, 2.24) is 40.2 Å². The molecular formula is C42H40ClFN12O5. The molecule has 3 fully saturated rings. The van der Waals surface area contributed by atoms with E-state index < -0.39 is 35.5 Å². The Balaban J connectivity index is 0.745. The van der Waals surface area contributed by atoms with E-state index in [-0.39, 0.29) is 41.3 Å². The summed E-state index contributed by atoms with van der Waals surface area (Å²) in [4.78, 5) is 81.9. The number of aromatic nitrogens is 4. The van der Waals surface area contributed by atoms with Crippen LogP contribution in [0.25, 0.3) is 0 Å². The number of nitriles is 1. The van der Waals surface area contributed by atoms with E-state index in [4.69, 9.17) is 11.6 Å². The number of benzene rings is 2. The van der Waals surface area contributed by atoms with Crippen molar-refractivity contribution in [1.29, 1.82) is 5.26 Å². The number of piperidine rings is 2. The van der Waals surface area contributed by atoms with E-state index in [0.717, 1.165) is 47.3 Å². The SMILES string of the molecule is N#Cc1ccc(N2CCc3c(ncnc3Nc3ccc(C(=O)N4CCC(CN5CCN(c6cc7c(cc6F)C(=O)N(C6CCC(=O)NC6=O)C7=O)CC5)CC4)nn3)C2)cc1Cl. The van der Waals surface area contributed by atoms with Gasteiger partial charge in [0.1, 0.15) is 30.1 Å². The fourth-order valence-electron chi connectivity index (χ4n) is 8.85. The lowest BCUT2D eigenvalue weighted by Gasteiger charge is -2.39. The largest absolute Gasteiger partial charge is 0.367 e. The maximum Gasteiger partial charge on any atom is 0.274 e. The second-order valence-electron chi connectivity index (χ2n) is 15.8. The summed E-state index contributed by atoms with van der Waals surface area (Å²) in [6, 6.07) is 12.2. The average molecular weight is 847 g/mol. The fourth-order valence-corrected chi connectivity index (χ4v) is 9.06. The number of nitrogens with one attached hydrogen (secondary N) is 2. The van der Waals surface area contributed by atoms with Crippen LogP contribution in [0.5, 0.6) is 0 Å². The summed E-state index contributed by atoms with van der Waals surface area (Å²) in [6.07, 6.45) is 3.85. The molecule has 2 aromatic carbocycles. The molecule has 0 saturated carbocycles. The van der Waals surface area contributed by atoms with E-state index in [2.05, 4.69) is 46.7 Å². The molecule has 3 saturated heterocycles. The third-order valence-corrected chi connectivity index (χ3v) is 12.5. The molecular weight excluding hydrogens is 807 g/mol. The van der Waals surface area contributed by atoms with Crippen molar-refractivity contribution in [3.8, 4) is 6.07 Å². The summed E-state index contributed by atoms with van der Waals surface area (Å²) in [7, 11) is 0. The average Bonchev–Trinajstić information content (AvgIpc) is 3.50. The van der Waals surface area contributed by atoms with Gasteiger partial charge in [-0.1, -0.05) is 11.6 Å². The highest BCUT2D eigenvalue weighted by molar-refractivity contribution is 6.32. The van der Waals surface area contributed by atoms with E-state index in [1.165, 1.54) is 12.4 Å². The van der Waals surface area contributed by atoms with Gasteiger partial charge in [0.15, 0.2) is 11.5 Å². The Hall–Kier alpha value is -6.58. The zero-order valence-corrected chi connectivity index (χ0v) is 33.7. The third kappa shape index (κ3) is 7.82. The Morgan fingerprint density at radius 2 is 1.66 bits per heavy atom. The van der Waals surface area contributed by atoms with Crippen LogP contribution >= 0.6 is 11.6 Å². The minimum atomic E-state index is -1.12. The maximum atomic E-state index is 15.4. The van der Waals surface area contributed by atoms with Crippen LogP contribution in [0.3, 0.4) is 0 Å². The number of likely N-dealkylation sites (tertiary alicyclic amines) is 1. The third-order valence-electron chi connectivity index (χ3n) is 12.2. The first-order valence-electron chi connectivity index (χ1n) is 20.2. The Labute approximate surface area is 354 Å². The molecule has 1 atom stereocenters. The van der Waals surface area contributed by atoms with Gasteiger partial charge in [-0.3, -0.25) is 39.1 Å². The number of piperazine rings is 1. The standard InChI is InChI=1S/C42H40ClFN12O5/c43-30-17-26(2-1-25(30)20-45)55-12-9-27-33(22-55)46-23-47-38(27)48-36-5-3-32(50-51-36)42(61)54-10-7-24(8-11-54)21-52-13-15-53(16-14-52)35-19-29-28(18-31(35)44)40(59)56(41(29)60)34-4-6-37(57)49-39(34)58/h1-3,5,17-19,23-24,34H,4,6-16,21-22H2,(H,49,57,58)(H,46,47,48,51). The van der Waals surface area contributed by atoms with Crippen molar-refractivity contribution >= 4 is 64.1 Å². The Kier molecular flexibility index (Phi) is 10.8. The molecule has 4 aromatic rings. The normalized spacial score (nSPS) is 19.7.